The highest BCUT2D eigenvalue weighted by Crippen LogP contribution is 2.38. The van der Waals surface area contributed by atoms with Gasteiger partial charge in [0.1, 0.15) is 34.7 Å². The molecule has 1 aliphatic heterocycles. The first kappa shape index (κ1) is 23.6. The van der Waals surface area contributed by atoms with Gasteiger partial charge in [-0.15, -0.1) is 0 Å². The first-order chi connectivity index (χ1) is 18.6. The van der Waals surface area contributed by atoms with Crippen LogP contribution in [0, 0.1) is 17.1 Å². The predicted octanol–water partition coefficient (Wildman–Crippen LogP) is 4.36. The molecule has 0 unspecified atom stereocenters. The van der Waals surface area contributed by atoms with Crippen LogP contribution in [-0.2, 0) is 0 Å². The molecule has 0 radical (unpaired) electrons. The molecule has 3 aromatic heterocycles. The van der Waals surface area contributed by atoms with Crippen molar-refractivity contribution >= 4 is 21.9 Å². The maximum absolute atomic E-state index is 15.5. The van der Waals surface area contributed by atoms with E-state index in [4.69, 9.17) is 14.7 Å². The van der Waals surface area contributed by atoms with Crippen molar-refractivity contribution in [3.8, 4) is 34.6 Å². The van der Waals surface area contributed by atoms with Crippen LogP contribution in [0.3, 0.4) is 0 Å². The Hall–Kier alpha value is -4.75. The molecular formula is C28H24FN7O2. The van der Waals surface area contributed by atoms with E-state index in [0.29, 0.717) is 40.6 Å². The minimum Gasteiger partial charge on any atom is -0.496 e. The number of nitriles is 1. The van der Waals surface area contributed by atoms with E-state index in [1.807, 2.05) is 16.8 Å². The molecule has 4 heterocycles. The van der Waals surface area contributed by atoms with E-state index in [2.05, 4.69) is 30.9 Å². The van der Waals surface area contributed by atoms with Crippen molar-refractivity contribution in [2.75, 3.05) is 44.8 Å². The van der Waals surface area contributed by atoms with E-state index >= 15 is 4.39 Å². The number of fused-ring (bicyclic) bond motifs is 3. The van der Waals surface area contributed by atoms with Gasteiger partial charge in [-0.05, 0) is 24.3 Å². The van der Waals surface area contributed by atoms with Crippen molar-refractivity contribution in [1.29, 1.82) is 5.26 Å². The number of ether oxygens (including phenoxy) is 2. The third kappa shape index (κ3) is 4.33. The van der Waals surface area contributed by atoms with Crippen LogP contribution in [0.5, 0.6) is 17.4 Å². The number of imidazole rings is 1. The van der Waals surface area contributed by atoms with Gasteiger partial charge in [-0.1, -0.05) is 6.07 Å². The minimum absolute atomic E-state index is 0.389. The van der Waals surface area contributed by atoms with Crippen LogP contribution in [0.15, 0.2) is 67.3 Å². The summed E-state index contributed by atoms with van der Waals surface area (Å²) in [5.74, 6) is 1.05. The molecule has 0 bridgehead atoms. The van der Waals surface area contributed by atoms with E-state index in [1.165, 1.54) is 6.07 Å². The Labute approximate surface area is 218 Å². The largest absolute Gasteiger partial charge is 0.496 e. The summed E-state index contributed by atoms with van der Waals surface area (Å²) in [5.41, 5.74) is 3.10. The summed E-state index contributed by atoms with van der Waals surface area (Å²) in [7, 11) is 1.54. The van der Waals surface area contributed by atoms with Crippen LogP contribution in [0.4, 0.5) is 4.39 Å². The summed E-state index contributed by atoms with van der Waals surface area (Å²) in [6.07, 6.45) is 5.10. The Kier molecular flexibility index (Phi) is 6.19. The molecule has 1 fully saturated rings. The normalized spacial score (nSPS) is 14.1. The zero-order valence-corrected chi connectivity index (χ0v) is 20.7. The highest BCUT2D eigenvalue weighted by atomic mass is 19.1. The van der Waals surface area contributed by atoms with Gasteiger partial charge in [0, 0.05) is 67.1 Å². The van der Waals surface area contributed by atoms with Crippen molar-refractivity contribution in [2.45, 2.75) is 0 Å². The molecule has 190 valence electrons. The number of aromatic nitrogens is 4. The van der Waals surface area contributed by atoms with Gasteiger partial charge in [0.05, 0.1) is 31.4 Å². The topological polar surface area (TPSA) is 92.3 Å². The Morgan fingerprint density at radius 2 is 1.84 bits per heavy atom. The summed E-state index contributed by atoms with van der Waals surface area (Å²) < 4.78 is 28.9. The van der Waals surface area contributed by atoms with Gasteiger partial charge < -0.3 is 14.5 Å². The molecule has 5 aromatic rings. The van der Waals surface area contributed by atoms with E-state index in [0.717, 1.165) is 42.6 Å². The quantitative estimate of drug-likeness (QED) is 0.312. The van der Waals surface area contributed by atoms with Gasteiger partial charge in [0.25, 0.3) is 0 Å². The number of benzene rings is 2. The summed E-state index contributed by atoms with van der Waals surface area (Å²) in [5, 5.41) is 12.0. The van der Waals surface area contributed by atoms with Gasteiger partial charge in [-0.3, -0.25) is 9.88 Å². The Morgan fingerprint density at radius 3 is 2.61 bits per heavy atom. The zero-order valence-electron chi connectivity index (χ0n) is 20.7. The molecule has 0 N–H and O–H groups in total. The lowest BCUT2D eigenvalue weighted by Crippen LogP contribution is -2.50. The number of hydrogen-bond donors (Lipinski definition) is 0. The lowest BCUT2D eigenvalue weighted by atomic mass is 10.0. The van der Waals surface area contributed by atoms with Crippen molar-refractivity contribution in [3.05, 3.63) is 73.1 Å². The summed E-state index contributed by atoms with van der Waals surface area (Å²) in [6, 6.07) is 16.1. The fourth-order valence-corrected chi connectivity index (χ4v) is 4.82. The number of halogens is 1. The van der Waals surface area contributed by atoms with E-state index in [9.17, 15) is 0 Å². The monoisotopic (exact) mass is 509 g/mol. The molecule has 0 spiro atoms. The molecular weight excluding hydrogens is 485 g/mol. The van der Waals surface area contributed by atoms with E-state index in [1.54, 1.807) is 56.2 Å². The molecule has 0 saturated carbocycles. The summed E-state index contributed by atoms with van der Waals surface area (Å²) >= 11 is 0. The first-order valence-electron chi connectivity index (χ1n) is 12.2. The average Bonchev–Trinajstić information content (AvgIpc) is 3.38. The number of pyridine rings is 2. The van der Waals surface area contributed by atoms with Crippen LogP contribution in [0.2, 0.25) is 0 Å². The molecule has 2 aromatic carbocycles. The highest BCUT2D eigenvalue weighted by molar-refractivity contribution is 6.04. The van der Waals surface area contributed by atoms with Crippen LogP contribution < -0.4 is 14.5 Å². The summed E-state index contributed by atoms with van der Waals surface area (Å²) in [4.78, 5) is 15.3. The van der Waals surface area contributed by atoms with Gasteiger partial charge in [-0.2, -0.15) is 5.26 Å². The van der Waals surface area contributed by atoms with Crippen molar-refractivity contribution in [1.82, 2.24) is 24.5 Å². The number of piperazine rings is 1. The smallest absolute Gasteiger partial charge is 0.219 e. The average molecular weight is 510 g/mol. The highest BCUT2D eigenvalue weighted by Gasteiger charge is 2.21. The van der Waals surface area contributed by atoms with Gasteiger partial charge in [-0.25, -0.2) is 19.0 Å². The zero-order chi connectivity index (χ0) is 26.1. The van der Waals surface area contributed by atoms with Gasteiger partial charge >= 0.3 is 0 Å². The molecule has 0 aliphatic carbocycles. The second-order valence-electron chi connectivity index (χ2n) is 8.95. The van der Waals surface area contributed by atoms with Crippen molar-refractivity contribution < 1.29 is 13.9 Å². The second kappa shape index (κ2) is 9.95. The first-order valence-corrected chi connectivity index (χ1v) is 12.2. The molecule has 9 nitrogen and oxygen atoms in total. The molecule has 10 heteroatoms. The minimum atomic E-state index is -0.405. The lowest BCUT2D eigenvalue weighted by Gasteiger charge is -2.35. The van der Waals surface area contributed by atoms with Crippen molar-refractivity contribution in [3.63, 3.8) is 0 Å². The van der Waals surface area contributed by atoms with Crippen molar-refractivity contribution in [2.24, 2.45) is 0 Å². The fraction of sp³-hybridized carbons (Fsp3) is 0.214. The van der Waals surface area contributed by atoms with Crippen LogP contribution in [-0.4, -0.2) is 64.4 Å². The molecule has 1 aliphatic rings. The van der Waals surface area contributed by atoms with E-state index < -0.39 is 5.82 Å². The number of rotatable bonds is 6. The SMILES string of the molecule is COc1cc(Oc2ccccn2)ccc1-c1cc2c(cc1F)ncc1ncn(N3CCN(CC#N)CC3)c12. The second-order valence-corrected chi connectivity index (χ2v) is 8.95. The van der Waals surface area contributed by atoms with Crippen LogP contribution >= 0.6 is 0 Å². The molecule has 6 rings (SSSR count). The molecule has 0 atom stereocenters. The van der Waals surface area contributed by atoms with Crippen LogP contribution in [0.1, 0.15) is 0 Å². The maximum Gasteiger partial charge on any atom is 0.219 e. The molecule has 1 saturated heterocycles. The Bertz CT molecular complexity index is 1660. The number of nitrogens with zero attached hydrogens (tertiary/aromatic N) is 7. The predicted molar refractivity (Wildman–Crippen MR) is 141 cm³/mol. The van der Waals surface area contributed by atoms with Gasteiger partial charge in [0.15, 0.2) is 0 Å². The van der Waals surface area contributed by atoms with Crippen LogP contribution in [0.25, 0.3) is 33.1 Å². The number of methoxy groups -OCH3 is 1. The lowest BCUT2D eigenvalue weighted by molar-refractivity contribution is 0.267. The Balaban J connectivity index is 1.41. The number of hydrogen-bond acceptors (Lipinski definition) is 8. The fourth-order valence-electron chi connectivity index (χ4n) is 4.82. The summed E-state index contributed by atoms with van der Waals surface area (Å²) in [6.45, 7) is 3.47. The Morgan fingerprint density at radius 1 is 0.974 bits per heavy atom. The maximum atomic E-state index is 15.5. The third-order valence-corrected chi connectivity index (χ3v) is 6.72. The third-order valence-electron chi connectivity index (χ3n) is 6.72. The molecule has 38 heavy (non-hydrogen) atoms. The standard InChI is InChI=1S/C28H24FN7O2/c1-37-26-14-19(38-27-4-2-3-8-31-27)5-6-20(26)21-15-22-24(16-23(21)29)32-17-25-28(22)36(18-33-25)35-12-10-34(9-7-30)11-13-35/h2-6,8,14-18H,9-13H2,1H3. The molecule has 0 amide bonds. The van der Waals surface area contributed by atoms with Gasteiger partial charge in [0.2, 0.25) is 5.88 Å². The van der Waals surface area contributed by atoms with E-state index in [-0.39, 0.29) is 0 Å².